The Labute approximate surface area is 117 Å². The lowest BCUT2D eigenvalue weighted by Gasteiger charge is -2.19. The van der Waals surface area contributed by atoms with Crippen LogP contribution in [0.1, 0.15) is 25.6 Å². The maximum atomic E-state index is 5.90. The number of nitrogens with one attached hydrogen (secondary N) is 1. The van der Waals surface area contributed by atoms with E-state index in [1.54, 1.807) is 11.3 Å². The van der Waals surface area contributed by atoms with Gasteiger partial charge in [-0.05, 0) is 39.8 Å². The number of aryl methyl sites for hydroxylation is 1. The molecule has 2 rings (SSSR count). The van der Waals surface area contributed by atoms with Crippen molar-refractivity contribution in [1.29, 1.82) is 0 Å². The molecular weight excluding hydrogens is 264 g/mol. The van der Waals surface area contributed by atoms with Crippen molar-refractivity contribution in [2.24, 2.45) is 0 Å². The number of thiazole rings is 1. The van der Waals surface area contributed by atoms with Crippen molar-refractivity contribution in [2.45, 2.75) is 33.2 Å². The molecule has 0 amide bonds. The molecule has 2 nitrogen and oxygen atoms in total. The fourth-order valence-electron chi connectivity index (χ4n) is 1.65. The number of benzene rings is 1. The van der Waals surface area contributed by atoms with Gasteiger partial charge in [-0.2, -0.15) is 0 Å². The van der Waals surface area contributed by atoms with Crippen LogP contribution >= 0.6 is 22.9 Å². The third kappa shape index (κ3) is 3.24. The molecule has 0 aliphatic carbocycles. The van der Waals surface area contributed by atoms with Gasteiger partial charge in [0.25, 0.3) is 0 Å². The molecule has 0 aliphatic rings. The summed E-state index contributed by atoms with van der Waals surface area (Å²) in [6.45, 7) is 8.48. The van der Waals surface area contributed by atoms with Crippen LogP contribution in [0.15, 0.2) is 24.3 Å². The Hall–Kier alpha value is -1.06. The molecule has 4 heteroatoms. The van der Waals surface area contributed by atoms with Crippen LogP contribution < -0.4 is 5.32 Å². The van der Waals surface area contributed by atoms with Gasteiger partial charge in [-0.25, -0.2) is 4.98 Å². The van der Waals surface area contributed by atoms with Gasteiger partial charge in [0, 0.05) is 21.0 Å². The Bertz CT molecular complexity index is 538. The van der Waals surface area contributed by atoms with Crippen LogP contribution in [0.4, 0.5) is 5.13 Å². The highest BCUT2D eigenvalue weighted by Gasteiger charge is 2.15. The van der Waals surface area contributed by atoms with Crippen molar-refractivity contribution >= 4 is 28.1 Å². The maximum absolute atomic E-state index is 5.90. The summed E-state index contributed by atoms with van der Waals surface area (Å²) in [5.41, 5.74) is 2.17. The molecule has 0 saturated heterocycles. The largest absolute Gasteiger partial charge is 0.357 e. The number of anilines is 1. The van der Waals surface area contributed by atoms with Gasteiger partial charge in [0.2, 0.25) is 0 Å². The molecule has 0 atom stereocenters. The third-order valence-corrected chi connectivity index (χ3v) is 3.53. The van der Waals surface area contributed by atoms with Gasteiger partial charge < -0.3 is 5.32 Å². The standard InChI is InChI=1S/C14H17ClN2S/c1-9-12(10-5-7-11(15)8-6-10)16-13(18-9)17-14(2,3)4/h5-8H,1-4H3,(H,16,17). The van der Waals surface area contributed by atoms with E-state index in [0.717, 1.165) is 21.4 Å². The molecule has 0 unspecified atom stereocenters. The number of hydrogen-bond acceptors (Lipinski definition) is 3. The first-order valence-electron chi connectivity index (χ1n) is 5.87. The number of hydrogen-bond donors (Lipinski definition) is 1. The second kappa shape index (κ2) is 4.90. The first-order chi connectivity index (χ1) is 8.35. The van der Waals surface area contributed by atoms with Crippen molar-refractivity contribution in [1.82, 2.24) is 4.98 Å². The topological polar surface area (TPSA) is 24.9 Å². The highest BCUT2D eigenvalue weighted by Crippen LogP contribution is 2.32. The van der Waals surface area contributed by atoms with Gasteiger partial charge in [0.05, 0.1) is 5.69 Å². The van der Waals surface area contributed by atoms with Gasteiger partial charge in [-0.1, -0.05) is 23.7 Å². The monoisotopic (exact) mass is 280 g/mol. The highest BCUT2D eigenvalue weighted by molar-refractivity contribution is 7.16. The van der Waals surface area contributed by atoms with Gasteiger partial charge >= 0.3 is 0 Å². The SMILES string of the molecule is Cc1sc(NC(C)(C)C)nc1-c1ccc(Cl)cc1. The second-order valence-electron chi connectivity index (χ2n) is 5.31. The quantitative estimate of drug-likeness (QED) is 0.839. The van der Waals surface area contributed by atoms with E-state index in [2.05, 4.69) is 38.0 Å². The van der Waals surface area contributed by atoms with Crippen molar-refractivity contribution in [3.8, 4) is 11.3 Å². The summed E-state index contributed by atoms with van der Waals surface area (Å²) in [7, 11) is 0. The lowest BCUT2D eigenvalue weighted by molar-refractivity contribution is 0.633. The zero-order chi connectivity index (χ0) is 13.3. The molecule has 1 heterocycles. The van der Waals surface area contributed by atoms with E-state index in [0.29, 0.717) is 0 Å². The van der Waals surface area contributed by atoms with Gasteiger partial charge in [-0.15, -0.1) is 11.3 Å². The summed E-state index contributed by atoms with van der Waals surface area (Å²) in [5.74, 6) is 0. The average molecular weight is 281 g/mol. The van der Waals surface area contributed by atoms with Crippen LogP contribution in [-0.4, -0.2) is 10.5 Å². The first kappa shape index (κ1) is 13.4. The lowest BCUT2D eigenvalue weighted by atomic mass is 10.1. The minimum absolute atomic E-state index is 0.0293. The Balaban J connectivity index is 2.32. The summed E-state index contributed by atoms with van der Waals surface area (Å²) in [4.78, 5) is 5.87. The fourth-order valence-corrected chi connectivity index (χ4v) is 2.82. The minimum atomic E-state index is 0.0293. The molecule has 1 aromatic heterocycles. The van der Waals surface area contributed by atoms with E-state index in [-0.39, 0.29) is 5.54 Å². The predicted molar refractivity (Wildman–Crippen MR) is 80.7 cm³/mol. The molecule has 0 bridgehead atoms. The van der Waals surface area contributed by atoms with Crippen molar-refractivity contribution in [3.63, 3.8) is 0 Å². The molecule has 2 aromatic rings. The minimum Gasteiger partial charge on any atom is -0.357 e. The molecule has 1 N–H and O–H groups in total. The Morgan fingerprint density at radius 3 is 2.33 bits per heavy atom. The van der Waals surface area contributed by atoms with Crippen LogP contribution in [0, 0.1) is 6.92 Å². The highest BCUT2D eigenvalue weighted by atomic mass is 35.5. The lowest BCUT2D eigenvalue weighted by Crippen LogP contribution is -2.25. The van der Waals surface area contributed by atoms with Crippen LogP contribution in [0.5, 0.6) is 0 Å². The molecule has 18 heavy (non-hydrogen) atoms. The van der Waals surface area contributed by atoms with Crippen molar-refractivity contribution in [2.75, 3.05) is 5.32 Å². The van der Waals surface area contributed by atoms with Crippen LogP contribution in [0.3, 0.4) is 0 Å². The van der Waals surface area contributed by atoms with Crippen LogP contribution in [0.2, 0.25) is 5.02 Å². The Morgan fingerprint density at radius 1 is 1.17 bits per heavy atom. The summed E-state index contributed by atoms with van der Waals surface area (Å²) in [6.07, 6.45) is 0. The summed E-state index contributed by atoms with van der Waals surface area (Å²) >= 11 is 7.59. The zero-order valence-electron chi connectivity index (χ0n) is 11.0. The van der Waals surface area contributed by atoms with Gasteiger partial charge in [0.1, 0.15) is 0 Å². The summed E-state index contributed by atoms with van der Waals surface area (Å²) < 4.78 is 0. The smallest absolute Gasteiger partial charge is 0.183 e. The van der Waals surface area contributed by atoms with E-state index in [1.165, 1.54) is 4.88 Å². The number of nitrogens with zero attached hydrogens (tertiary/aromatic N) is 1. The van der Waals surface area contributed by atoms with E-state index in [1.807, 2.05) is 24.3 Å². The predicted octanol–water partition coefficient (Wildman–Crippen LogP) is 4.98. The average Bonchev–Trinajstić information content (AvgIpc) is 2.58. The number of halogens is 1. The molecule has 0 aliphatic heterocycles. The molecule has 0 spiro atoms. The van der Waals surface area contributed by atoms with E-state index in [4.69, 9.17) is 11.6 Å². The van der Waals surface area contributed by atoms with Crippen molar-refractivity contribution in [3.05, 3.63) is 34.2 Å². The van der Waals surface area contributed by atoms with Crippen LogP contribution in [0.25, 0.3) is 11.3 Å². The molecule has 0 fully saturated rings. The summed E-state index contributed by atoms with van der Waals surface area (Å²) in [6, 6.07) is 7.80. The van der Waals surface area contributed by atoms with Gasteiger partial charge in [-0.3, -0.25) is 0 Å². The molecule has 0 radical (unpaired) electrons. The van der Waals surface area contributed by atoms with Crippen LogP contribution in [-0.2, 0) is 0 Å². The fraction of sp³-hybridized carbons (Fsp3) is 0.357. The third-order valence-electron chi connectivity index (χ3n) is 2.40. The van der Waals surface area contributed by atoms with E-state index in [9.17, 15) is 0 Å². The Morgan fingerprint density at radius 2 is 1.78 bits per heavy atom. The van der Waals surface area contributed by atoms with E-state index < -0.39 is 0 Å². The summed E-state index contributed by atoms with van der Waals surface area (Å²) in [5, 5.41) is 5.12. The maximum Gasteiger partial charge on any atom is 0.183 e. The van der Waals surface area contributed by atoms with E-state index >= 15 is 0 Å². The molecule has 1 aromatic carbocycles. The number of rotatable bonds is 2. The first-order valence-corrected chi connectivity index (χ1v) is 7.06. The molecular formula is C14H17ClN2S. The molecule has 0 saturated carbocycles. The second-order valence-corrected chi connectivity index (χ2v) is 6.95. The number of aromatic nitrogens is 1. The normalized spacial score (nSPS) is 11.6. The zero-order valence-corrected chi connectivity index (χ0v) is 12.6. The van der Waals surface area contributed by atoms with Crippen molar-refractivity contribution < 1.29 is 0 Å². The molecule has 96 valence electrons. The Kier molecular flexibility index (Phi) is 3.64. The van der Waals surface area contributed by atoms with Gasteiger partial charge in [0.15, 0.2) is 5.13 Å².